The summed E-state index contributed by atoms with van der Waals surface area (Å²) in [6.07, 6.45) is 24.1. The molecule has 0 unspecified atom stereocenters. The molecule has 0 aliphatic carbocycles. The summed E-state index contributed by atoms with van der Waals surface area (Å²) in [5.41, 5.74) is 1.11. The molecule has 12 heteroatoms. The van der Waals surface area contributed by atoms with Crippen molar-refractivity contribution < 1.29 is 37.1 Å². The number of benzene rings is 1. The summed E-state index contributed by atoms with van der Waals surface area (Å²) in [5, 5.41) is 9.35. The van der Waals surface area contributed by atoms with E-state index >= 15 is 0 Å². The zero-order chi connectivity index (χ0) is 58.2. The van der Waals surface area contributed by atoms with Crippen molar-refractivity contribution in [3.63, 3.8) is 0 Å². The van der Waals surface area contributed by atoms with Crippen LogP contribution in [0.3, 0.4) is 0 Å². The lowest BCUT2D eigenvalue weighted by molar-refractivity contribution is -0.131. The molecule has 0 amide bonds. The van der Waals surface area contributed by atoms with Crippen LogP contribution in [0.4, 0.5) is 0 Å². The van der Waals surface area contributed by atoms with E-state index in [4.69, 9.17) is 27.2 Å². The van der Waals surface area contributed by atoms with E-state index in [1.165, 1.54) is 6.08 Å². The molecule has 8 nitrogen and oxygen atoms in total. The summed E-state index contributed by atoms with van der Waals surface area (Å²) in [5.74, 6) is 0.320. The normalized spacial score (nSPS) is 18.4. The van der Waals surface area contributed by atoms with Crippen LogP contribution < -0.4 is 4.74 Å². The molecule has 75 heavy (non-hydrogen) atoms. The van der Waals surface area contributed by atoms with E-state index in [1.54, 1.807) is 13.2 Å². The average Bonchev–Trinajstić information content (AvgIpc) is 3.26. The maximum absolute atomic E-state index is 11.3. The highest BCUT2D eigenvalue weighted by Gasteiger charge is 2.45. The van der Waals surface area contributed by atoms with Crippen molar-refractivity contribution in [1.29, 1.82) is 0 Å². The van der Waals surface area contributed by atoms with Crippen LogP contribution in [-0.4, -0.2) is 82.0 Å². The molecule has 0 radical (unpaired) electrons. The van der Waals surface area contributed by atoms with Crippen LogP contribution in [0.1, 0.15) is 143 Å². The number of allylic oxidation sites excluding steroid dienone is 5. The largest absolute Gasteiger partial charge is 0.497 e. The number of ether oxygens (including phenoxy) is 2. The highest BCUT2D eigenvalue weighted by atomic mass is 28.4. The smallest absolute Gasteiger partial charge is 0.328 e. The third kappa shape index (κ3) is 23.5. The summed E-state index contributed by atoms with van der Waals surface area (Å²) in [6.45, 7) is 62.2. The quantitative estimate of drug-likeness (QED) is 0.0340. The Morgan fingerprint density at radius 1 is 0.573 bits per heavy atom. The lowest BCUT2D eigenvalue weighted by Gasteiger charge is -2.43. The first kappa shape index (κ1) is 70.6. The highest BCUT2D eigenvalue weighted by molar-refractivity contribution is 6.75. The first-order valence-corrected chi connectivity index (χ1v) is 39.8. The fraction of sp³-hybridized carbons (Fsp3) is 0.698. The van der Waals surface area contributed by atoms with Crippen molar-refractivity contribution in [2.24, 2.45) is 29.6 Å². The van der Waals surface area contributed by atoms with Crippen molar-refractivity contribution in [1.82, 2.24) is 0 Å². The fourth-order valence-electron chi connectivity index (χ4n) is 7.93. The Morgan fingerprint density at radius 2 is 1.03 bits per heavy atom. The molecule has 0 heterocycles. The Kier molecular flexibility index (Phi) is 28.0. The molecular weight excluding hydrogens is 997 g/mol. The minimum Gasteiger partial charge on any atom is -0.497 e. The molecular formula is C63H114O8Si4. The first-order chi connectivity index (χ1) is 34.0. The second kappa shape index (κ2) is 29.7. The van der Waals surface area contributed by atoms with E-state index in [0.29, 0.717) is 13.0 Å². The van der Waals surface area contributed by atoms with Gasteiger partial charge in [0.2, 0.25) is 0 Å². The van der Waals surface area contributed by atoms with E-state index in [1.807, 2.05) is 30.4 Å². The number of carboxylic acid groups (broad SMARTS) is 1. The number of rotatable bonds is 31. The van der Waals surface area contributed by atoms with Gasteiger partial charge in [0.05, 0.1) is 44.2 Å². The standard InChI is InChI=1S/C63H114O8Si4/c1-28-29-34-49(4)59(67-46-52-40-43-53(66-19)44-41-52)51(6)55(69-73(22,23)61(10,11)12)37-32-30-36-48(3)58(71-75(26,27)63(16,17)18)50(5)39-42-54(68-72(20,21)60(7,8)9)45-56(70-74(24,25)62(13,14)15)47(2)35-31-33-38-57(64)65/h28-31,33-36,38-44,47-51,54-56,58-59H,1,32,37,45-46H2,2-27H3,(H,64,65)/b34-29-,35-31+,36-30-,38-33-,42-39-/t47-,48+,49+,50+,51+,54+,55-,56+,58-,59+/m1/s1. The molecule has 1 aromatic rings. The van der Waals surface area contributed by atoms with Crippen LogP contribution in [0.2, 0.25) is 72.5 Å². The van der Waals surface area contributed by atoms with Crippen LogP contribution >= 0.6 is 0 Å². The van der Waals surface area contributed by atoms with E-state index < -0.39 is 39.2 Å². The van der Waals surface area contributed by atoms with Crippen LogP contribution in [0.5, 0.6) is 5.75 Å². The van der Waals surface area contributed by atoms with Gasteiger partial charge < -0.3 is 32.3 Å². The SMILES string of the molecule is C=C/C=C\[C@H](C)[C@H](OCc1ccc(OC)cc1)[C@@H](C)[C@@H](CC/C=C\[C@H](C)[C@@H](O[Si](C)(C)C(C)(C)C)[C@@H](C)/C=C\[C@@H](C[C@H](O[Si](C)(C)C(C)(C)C)[C@H](C)/C=C/C=C\C(=O)O)O[Si](C)(C)C(C)(C)C)O[Si](C)(C)C(C)(C)C. The maximum Gasteiger partial charge on any atom is 0.328 e. The second-order valence-electron chi connectivity index (χ2n) is 27.8. The van der Waals surface area contributed by atoms with Gasteiger partial charge in [0, 0.05) is 24.3 Å². The number of carbonyl (C=O) groups is 1. The van der Waals surface area contributed by atoms with Gasteiger partial charge in [0.15, 0.2) is 33.3 Å². The maximum atomic E-state index is 11.3. The zero-order valence-corrected chi connectivity index (χ0v) is 56.8. The van der Waals surface area contributed by atoms with Gasteiger partial charge in [-0.15, -0.1) is 0 Å². The molecule has 1 rings (SSSR count). The average molecular weight is 1110 g/mol. The van der Waals surface area contributed by atoms with Crippen LogP contribution in [-0.2, 0) is 33.8 Å². The Labute approximate surface area is 466 Å². The topological polar surface area (TPSA) is 92.7 Å². The zero-order valence-electron chi connectivity index (χ0n) is 52.8. The van der Waals surface area contributed by atoms with Gasteiger partial charge in [-0.2, -0.15) is 0 Å². The van der Waals surface area contributed by atoms with Crippen molar-refractivity contribution in [3.05, 3.63) is 103 Å². The van der Waals surface area contributed by atoms with E-state index in [0.717, 1.165) is 24.2 Å². The van der Waals surface area contributed by atoms with Gasteiger partial charge in [0.25, 0.3) is 0 Å². The van der Waals surface area contributed by atoms with Crippen molar-refractivity contribution in [2.75, 3.05) is 7.11 Å². The molecule has 0 aromatic heterocycles. The van der Waals surface area contributed by atoms with Gasteiger partial charge in [0.1, 0.15) is 5.75 Å². The number of aliphatic carboxylic acids is 1. The fourth-order valence-corrected chi connectivity index (χ4v) is 13.5. The highest BCUT2D eigenvalue weighted by Crippen LogP contribution is 2.44. The molecule has 0 bridgehead atoms. The van der Waals surface area contributed by atoms with Gasteiger partial charge >= 0.3 is 5.97 Å². The van der Waals surface area contributed by atoms with Crippen molar-refractivity contribution in [3.8, 4) is 5.75 Å². The minimum absolute atomic E-state index is 0.000551. The molecule has 0 aliphatic heterocycles. The number of methoxy groups -OCH3 is 1. The predicted molar refractivity (Wildman–Crippen MR) is 333 cm³/mol. The van der Waals surface area contributed by atoms with Crippen LogP contribution in [0.25, 0.3) is 0 Å². The van der Waals surface area contributed by atoms with Crippen LogP contribution in [0.15, 0.2) is 97.7 Å². The third-order valence-corrected chi connectivity index (χ3v) is 35.3. The molecule has 0 spiro atoms. The summed E-state index contributed by atoms with van der Waals surface area (Å²) in [4.78, 5) is 11.3. The molecule has 1 aromatic carbocycles. The number of carboxylic acids is 1. The van der Waals surface area contributed by atoms with E-state index in [9.17, 15) is 9.90 Å². The number of hydrogen-bond donors (Lipinski definition) is 1. The van der Waals surface area contributed by atoms with Crippen LogP contribution in [0, 0.1) is 29.6 Å². The summed E-state index contributed by atoms with van der Waals surface area (Å²) in [7, 11) is -7.19. The molecule has 0 fully saturated rings. The third-order valence-electron chi connectivity index (χ3n) is 17.3. The monoisotopic (exact) mass is 1110 g/mol. The molecule has 0 saturated carbocycles. The van der Waals surface area contributed by atoms with Gasteiger partial charge in [-0.05, 0) is 121 Å². The molecule has 430 valence electrons. The Morgan fingerprint density at radius 3 is 1.51 bits per heavy atom. The molecule has 0 saturated heterocycles. The summed E-state index contributed by atoms with van der Waals surface area (Å²) >= 11 is 0. The van der Waals surface area contributed by atoms with Gasteiger partial charge in [-0.1, -0.05) is 197 Å². The summed E-state index contributed by atoms with van der Waals surface area (Å²) in [6, 6.07) is 8.14. The van der Waals surface area contributed by atoms with Gasteiger partial charge in [-0.3, -0.25) is 0 Å². The Balaban J connectivity index is 3.85. The number of hydrogen-bond acceptors (Lipinski definition) is 7. The van der Waals surface area contributed by atoms with E-state index in [2.05, 4.69) is 225 Å². The molecule has 0 aliphatic rings. The van der Waals surface area contributed by atoms with Crippen molar-refractivity contribution >= 4 is 39.2 Å². The second-order valence-corrected chi connectivity index (χ2v) is 46.9. The lowest BCUT2D eigenvalue weighted by atomic mass is 9.86. The first-order valence-electron chi connectivity index (χ1n) is 28.2. The van der Waals surface area contributed by atoms with Crippen molar-refractivity contribution in [2.45, 2.75) is 247 Å². The van der Waals surface area contributed by atoms with E-state index in [-0.39, 0.29) is 80.3 Å². The van der Waals surface area contributed by atoms with Gasteiger partial charge in [-0.25, -0.2) is 4.79 Å². The summed E-state index contributed by atoms with van der Waals surface area (Å²) < 4.78 is 41.8. The molecule has 10 atom stereocenters. The predicted octanol–water partition coefficient (Wildman–Crippen LogP) is 18.5. The minimum atomic E-state index is -2.25. The molecule has 1 N–H and O–H groups in total. The lowest BCUT2D eigenvalue weighted by Crippen LogP contribution is -2.48. The Hall–Kier alpha value is -2.40. The Bertz CT molecular complexity index is 2010.